The van der Waals surface area contributed by atoms with Gasteiger partial charge in [0.1, 0.15) is 6.04 Å². The number of esters is 1. The van der Waals surface area contributed by atoms with E-state index in [2.05, 4.69) is 103 Å². The molecule has 11 heteroatoms. The number of hydrogen-bond donors (Lipinski definition) is 1. The molecule has 6 heterocycles. The molecule has 6 bridgehead atoms. The van der Waals surface area contributed by atoms with Crippen molar-refractivity contribution in [2.24, 2.45) is 10.8 Å². The number of hydrogen-bond acceptors (Lipinski definition) is 9. The monoisotopic (exact) mass is 764 g/mol. The number of nitrogens with zero attached hydrogens (tertiary/aromatic N) is 5. The van der Waals surface area contributed by atoms with E-state index in [9.17, 15) is 9.59 Å². The number of nitrogens with one attached hydrogen (secondary N) is 1. The number of fused-ring (bicyclic) bond motifs is 6. The molecule has 10 nitrogen and oxygen atoms in total. The highest BCUT2D eigenvalue weighted by atomic mass is 32.2. The van der Waals surface area contributed by atoms with E-state index in [1.54, 1.807) is 12.1 Å². The molecule has 4 aliphatic heterocycles. The Labute approximate surface area is 329 Å². The highest BCUT2D eigenvalue weighted by Gasteiger charge is 2.48. The van der Waals surface area contributed by atoms with Gasteiger partial charge >= 0.3 is 5.97 Å². The Kier molecular flexibility index (Phi) is 10.5. The largest absolute Gasteiger partial charge is 0.464 e. The first-order chi connectivity index (χ1) is 26.5. The summed E-state index contributed by atoms with van der Waals surface area (Å²) in [5.41, 5.74) is 12.5. The number of cyclic esters (lactones) is 1. The van der Waals surface area contributed by atoms with Crippen molar-refractivity contribution in [1.82, 2.24) is 24.9 Å². The zero-order chi connectivity index (χ0) is 38.5. The summed E-state index contributed by atoms with van der Waals surface area (Å²) in [6, 6.07) is 17.4. The van der Waals surface area contributed by atoms with Crippen molar-refractivity contribution < 1.29 is 19.1 Å². The number of aromatic nitrogens is 2. The van der Waals surface area contributed by atoms with Gasteiger partial charge in [0.25, 0.3) is 0 Å². The van der Waals surface area contributed by atoms with Gasteiger partial charge in [0.05, 0.1) is 41.4 Å². The van der Waals surface area contributed by atoms with Crippen LogP contribution in [0.1, 0.15) is 63.5 Å². The van der Waals surface area contributed by atoms with Crippen LogP contribution in [0.3, 0.4) is 0 Å². The van der Waals surface area contributed by atoms with Crippen molar-refractivity contribution >= 4 is 40.2 Å². The normalized spacial score (nSPS) is 22.3. The Morgan fingerprint density at radius 2 is 1.80 bits per heavy atom. The number of hydrazine groups is 1. The standard InChI is InChI=1S/C44H56N6O4S/c1-7-49-38-14-13-32-21-34(38)36(40(49)35-22-33(25-45-39(35)29(2)53-6)48-18-16-47(5)17-19-48)24-43(3,4)26-54-41(51)37-12-9-15-50(46-37)42(52)44(27-55-28-44)23-30-10-8-11-31(32)20-30/h8,10-11,13-14,20-22,25,29,37,46H,7,9,12,15-19,23-24,26-28H2,1-6H3/t29-,37-/m0/s1. The first-order valence-corrected chi connectivity index (χ1v) is 21.2. The lowest BCUT2D eigenvalue weighted by atomic mass is 9.82. The highest BCUT2D eigenvalue weighted by molar-refractivity contribution is 8.00. The van der Waals surface area contributed by atoms with Crippen LogP contribution in [0.15, 0.2) is 54.7 Å². The van der Waals surface area contributed by atoms with Gasteiger partial charge in [-0.1, -0.05) is 44.2 Å². The highest BCUT2D eigenvalue weighted by Crippen LogP contribution is 2.45. The molecule has 0 radical (unpaired) electrons. The summed E-state index contributed by atoms with van der Waals surface area (Å²) < 4.78 is 14.6. The van der Waals surface area contributed by atoms with Gasteiger partial charge < -0.3 is 23.8 Å². The first kappa shape index (κ1) is 38.0. The molecule has 3 saturated heterocycles. The van der Waals surface area contributed by atoms with Crippen LogP contribution in [0.25, 0.3) is 33.3 Å². The van der Waals surface area contributed by atoms with Crippen LogP contribution < -0.4 is 10.3 Å². The number of piperazine rings is 1. The Balaban J connectivity index is 1.31. The number of carbonyl (C=O) groups excluding carboxylic acids is 2. The van der Waals surface area contributed by atoms with Crippen LogP contribution in [-0.4, -0.2) is 102 Å². The number of likely N-dealkylation sites (N-methyl/N-ethyl adjacent to an activating group) is 1. The summed E-state index contributed by atoms with van der Waals surface area (Å²) in [6.07, 6.45) is 4.53. The Bertz CT molecular complexity index is 2080. The Morgan fingerprint density at radius 3 is 2.53 bits per heavy atom. The van der Waals surface area contributed by atoms with Crippen LogP contribution in [0.4, 0.5) is 5.69 Å². The summed E-state index contributed by atoms with van der Waals surface area (Å²) in [4.78, 5) is 37.9. The van der Waals surface area contributed by atoms with E-state index in [0.717, 1.165) is 95.5 Å². The van der Waals surface area contributed by atoms with Gasteiger partial charge in [-0.05, 0) is 87.0 Å². The molecule has 0 aliphatic carbocycles. The second-order valence-electron chi connectivity index (χ2n) is 17.0. The summed E-state index contributed by atoms with van der Waals surface area (Å²) >= 11 is 1.81. The minimum absolute atomic E-state index is 0.0865. The van der Waals surface area contributed by atoms with Crippen molar-refractivity contribution in [3.8, 4) is 22.4 Å². The molecule has 2 aromatic carbocycles. The van der Waals surface area contributed by atoms with Gasteiger partial charge in [-0.2, -0.15) is 11.8 Å². The molecule has 0 saturated carbocycles. The van der Waals surface area contributed by atoms with Crippen LogP contribution in [0, 0.1) is 10.8 Å². The van der Waals surface area contributed by atoms with Crippen molar-refractivity contribution in [3.63, 3.8) is 0 Å². The van der Waals surface area contributed by atoms with Gasteiger partial charge in [-0.3, -0.25) is 19.6 Å². The fraction of sp³-hybridized carbons (Fsp3) is 0.523. The predicted molar refractivity (Wildman–Crippen MR) is 221 cm³/mol. The van der Waals surface area contributed by atoms with Crippen LogP contribution in [0.2, 0.25) is 0 Å². The molecule has 2 atom stereocenters. The van der Waals surface area contributed by atoms with E-state index in [-0.39, 0.29) is 24.6 Å². The molecule has 1 N–H and O–H groups in total. The summed E-state index contributed by atoms with van der Waals surface area (Å²) in [6.45, 7) is 14.2. The predicted octanol–water partition coefficient (Wildman–Crippen LogP) is 6.75. The van der Waals surface area contributed by atoms with Crippen molar-refractivity contribution in [2.45, 2.75) is 72.1 Å². The molecular formula is C44H56N6O4S. The zero-order valence-electron chi connectivity index (χ0n) is 33.3. The van der Waals surface area contributed by atoms with Crippen LogP contribution in [-0.2, 0) is 38.4 Å². The van der Waals surface area contributed by atoms with E-state index in [1.165, 1.54) is 10.9 Å². The van der Waals surface area contributed by atoms with E-state index >= 15 is 0 Å². The number of carbonyl (C=O) groups is 2. The second-order valence-corrected chi connectivity index (χ2v) is 18.0. The number of pyridine rings is 1. The van der Waals surface area contributed by atoms with Gasteiger partial charge in [0.2, 0.25) is 5.91 Å². The molecule has 2 aromatic heterocycles. The summed E-state index contributed by atoms with van der Waals surface area (Å²) in [5, 5.41) is 2.91. The van der Waals surface area contributed by atoms with Gasteiger partial charge in [0, 0.05) is 79.8 Å². The third-order valence-electron chi connectivity index (χ3n) is 12.2. The smallest absolute Gasteiger partial charge is 0.324 e. The average Bonchev–Trinajstić information content (AvgIpc) is 3.49. The van der Waals surface area contributed by atoms with Crippen LogP contribution in [0.5, 0.6) is 0 Å². The minimum Gasteiger partial charge on any atom is -0.464 e. The number of methoxy groups -OCH3 is 1. The summed E-state index contributed by atoms with van der Waals surface area (Å²) in [5.74, 6) is 1.34. The maximum absolute atomic E-state index is 14.2. The zero-order valence-corrected chi connectivity index (χ0v) is 34.1. The quantitative estimate of drug-likeness (QED) is 0.222. The SMILES string of the molecule is CCn1c(-c2cc(N3CCN(C)CC3)cnc2[C@H](C)OC)c2c3cc(ccc31)-c1cccc(c1)CC1(CSC1)C(=O)N1CCC[C@H](N1)C(=O)OCC(C)(C)C2. The lowest BCUT2D eigenvalue weighted by Gasteiger charge is -2.45. The fourth-order valence-corrected chi connectivity index (χ4v) is 10.1. The molecule has 292 valence electrons. The topological polar surface area (TPSA) is 92.2 Å². The third-order valence-corrected chi connectivity index (χ3v) is 13.8. The molecular weight excluding hydrogens is 709 g/mol. The third kappa shape index (κ3) is 7.29. The molecule has 8 rings (SSSR count). The number of anilines is 1. The second kappa shape index (κ2) is 15.2. The lowest BCUT2D eigenvalue weighted by Crippen LogP contribution is -2.62. The fourth-order valence-electron chi connectivity index (χ4n) is 8.93. The molecule has 4 aliphatic rings. The molecule has 1 amide bonds. The number of amides is 1. The number of rotatable bonds is 5. The van der Waals surface area contributed by atoms with Gasteiger partial charge in [-0.15, -0.1) is 0 Å². The molecule has 4 aromatic rings. The number of thioether (sulfide) groups is 1. The Morgan fingerprint density at radius 1 is 1.02 bits per heavy atom. The van der Waals surface area contributed by atoms with E-state index in [1.807, 2.05) is 18.0 Å². The van der Waals surface area contributed by atoms with Crippen LogP contribution >= 0.6 is 11.8 Å². The Hall–Kier alpha value is -3.90. The number of benzene rings is 2. The number of ether oxygens (including phenoxy) is 2. The summed E-state index contributed by atoms with van der Waals surface area (Å²) in [7, 11) is 3.93. The van der Waals surface area contributed by atoms with E-state index in [0.29, 0.717) is 25.8 Å². The van der Waals surface area contributed by atoms with Crippen molar-refractivity contribution in [2.75, 3.05) is 69.9 Å². The molecule has 55 heavy (non-hydrogen) atoms. The van der Waals surface area contributed by atoms with Gasteiger partial charge in [0.15, 0.2) is 0 Å². The van der Waals surface area contributed by atoms with Crippen molar-refractivity contribution in [3.05, 3.63) is 71.5 Å². The molecule has 1 spiro atoms. The number of aryl methyl sites for hydroxylation is 1. The van der Waals surface area contributed by atoms with Gasteiger partial charge in [-0.25, -0.2) is 5.43 Å². The minimum atomic E-state index is -0.554. The molecule has 0 unspecified atom stereocenters. The maximum atomic E-state index is 14.2. The average molecular weight is 765 g/mol. The molecule has 3 fully saturated rings. The van der Waals surface area contributed by atoms with Crippen molar-refractivity contribution in [1.29, 1.82) is 0 Å². The first-order valence-electron chi connectivity index (χ1n) is 20.0. The van der Waals surface area contributed by atoms with E-state index < -0.39 is 16.9 Å². The van der Waals surface area contributed by atoms with E-state index in [4.69, 9.17) is 14.5 Å². The maximum Gasteiger partial charge on any atom is 0.324 e. The lowest BCUT2D eigenvalue weighted by molar-refractivity contribution is -0.157.